The van der Waals surface area contributed by atoms with Gasteiger partial charge in [-0.25, -0.2) is 0 Å². The number of nitrogens with zero attached hydrogens (tertiary/aromatic N) is 2. The van der Waals surface area contributed by atoms with Gasteiger partial charge in [-0.3, -0.25) is 9.80 Å². The second-order valence-corrected chi connectivity index (χ2v) is 7.67. The number of phenols is 1. The topological polar surface area (TPSA) is 56.2 Å². The maximum absolute atomic E-state index is 9.89. The van der Waals surface area contributed by atoms with Gasteiger partial charge < -0.3 is 14.9 Å². The Kier molecular flexibility index (Phi) is 7.17. The maximum atomic E-state index is 9.89. The van der Waals surface area contributed by atoms with E-state index in [1.807, 2.05) is 19.1 Å². The fourth-order valence-electron chi connectivity index (χ4n) is 4.56. The van der Waals surface area contributed by atoms with Gasteiger partial charge in [-0.2, -0.15) is 0 Å². The van der Waals surface area contributed by atoms with Gasteiger partial charge in [0.2, 0.25) is 0 Å². The average molecular weight is 363 g/mol. The molecule has 1 aromatic rings. The van der Waals surface area contributed by atoms with Crippen molar-refractivity contribution in [3.8, 4) is 11.5 Å². The number of aliphatic hydroxyl groups is 1. The van der Waals surface area contributed by atoms with Crippen molar-refractivity contribution in [2.45, 2.75) is 64.1 Å². The van der Waals surface area contributed by atoms with E-state index >= 15 is 0 Å². The van der Waals surface area contributed by atoms with Crippen molar-refractivity contribution in [2.75, 3.05) is 32.8 Å². The Morgan fingerprint density at radius 3 is 2.69 bits per heavy atom. The zero-order chi connectivity index (χ0) is 18.4. The first-order valence-corrected chi connectivity index (χ1v) is 10.2. The Labute approximate surface area is 157 Å². The monoisotopic (exact) mass is 362 g/mol. The fraction of sp³-hybridized carbons (Fsp3) is 0.714. The van der Waals surface area contributed by atoms with Gasteiger partial charge in [-0.15, -0.1) is 0 Å². The summed E-state index contributed by atoms with van der Waals surface area (Å²) in [4.78, 5) is 5.15. The number of phenolic OH excluding ortho intramolecular Hbond substituents is 1. The molecular weight excluding hydrogens is 328 g/mol. The van der Waals surface area contributed by atoms with Crippen LogP contribution >= 0.6 is 0 Å². The summed E-state index contributed by atoms with van der Waals surface area (Å²) in [7, 11) is 0. The van der Waals surface area contributed by atoms with E-state index in [-0.39, 0.29) is 12.4 Å². The van der Waals surface area contributed by atoms with Crippen LogP contribution in [-0.2, 0) is 6.54 Å². The zero-order valence-electron chi connectivity index (χ0n) is 16.1. The molecule has 1 aromatic carbocycles. The lowest BCUT2D eigenvalue weighted by Crippen LogP contribution is -2.56. The summed E-state index contributed by atoms with van der Waals surface area (Å²) >= 11 is 0. The first-order chi connectivity index (χ1) is 12.7. The van der Waals surface area contributed by atoms with Crippen LogP contribution in [0.25, 0.3) is 0 Å². The van der Waals surface area contributed by atoms with E-state index in [1.54, 1.807) is 6.07 Å². The van der Waals surface area contributed by atoms with Crippen LogP contribution in [-0.4, -0.2) is 64.9 Å². The lowest BCUT2D eigenvalue weighted by Gasteiger charge is -2.46. The molecule has 0 spiro atoms. The third-order valence-corrected chi connectivity index (χ3v) is 5.85. The standard InChI is InChI=1S/C21H34N2O3/c1-2-26-21-14-17(8-9-20(21)25)15-22-11-12-23(19(16-22)10-13-24)18-6-4-3-5-7-18/h8-9,14,18-19,24-25H,2-7,10-13,15-16H2,1H3. The summed E-state index contributed by atoms with van der Waals surface area (Å²) in [6, 6.07) is 6.81. The molecule has 2 fully saturated rings. The number of ether oxygens (including phenoxy) is 1. The lowest BCUT2D eigenvalue weighted by atomic mass is 9.91. The van der Waals surface area contributed by atoms with Crippen LogP contribution in [0.1, 0.15) is 51.0 Å². The number of rotatable bonds is 7. The summed E-state index contributed by atoms with van der Waals surface area (Å²) in [6.07, 6.45) is 7.57. The summed E-state index contributed by atoms with van der Waals surface area (Å²) in [5.41, 5.74) is 1.17. The van der Waals surface area contributed by atoms with E-state index in [4.69, 9.17) is 4.74 Å². The van der Waals surface area contributed by atoms with Crippen molar-refractivity contribution in [1.29, 1.82) is 0 Å². The van der Waals surface area contributed by atoms with E-state index < -0.39 is 0 Å². The smallest absolute Gasteiger partial charge is 0.161 e. The van der Waals surface area contributed by atoms with Gasteiger partial charge in [0, 0.05) is 44.9 Å². The quantitative estimate of drug-likeness (QED) is 0.781. The van der Waals surface area contributed by atoms with Crippen molar-refractivity contribution in [2.24, 2.45) is 0 Å². The van der Waals surface area contributed by atoms with Crippen molar-refractivity contribution < 1.29 is 14.9 Å². The van der Waals surface area contributed by atoms with E-state index in [2.05, 4.69) is 9.80 Å². The maximum Gasteiger partial charge on any atom is 0.161 e. The Balaban J connectivity index is 1.62. The minimum atomic E-state index is 0.205. The molecule has 1 saturated carbocycles. The molecule has 5 nitrogen and oxygen atoms in total. The molecule has 1 aliphatic carbocycles. The van der Waals surface area contributed by atoms with Crippen LogP contribution in [0.2, 0.25) is 0 Å². The second-order valence-electron chi connectivity index (χ2n) is 7.67. The molecule has 0 radical (unpaired) electrons. The minimum absolute atomic E-state index is 0.205. The third kappa shape index (κ3) is 4.90. The van der Waals surface area contributed by atoms with Gasteiger partial charge in [0.15, 0.2) is 11.5 Å². The molecule has 1 atom stereocenters. The number of aromatic hydroxyl groups is 1. The van der Waals surface area contributed by atoms with Gasteiger partial charge in [-0.1, -0.05) is 25.3 Å². The van der Waals surface area contributed by atoms with Gasteiger partial charge in [-0.05, 0) is 43.9 Å². The van der Waals surface area contributed by atoms with Crippen LogP contribution in [0.15, 0.2) is 18.2 Å². The van der Waals surface area contributed by atoms with Crippen LogP contribution < -0.4 is 4.74 Å². The first kappa shape index (κ1) is 19.5. The second kappa shape index (κ2) is 9.58. The van der Waals surface area contributed by atoms with Crippen molar-refractivity contribution >= 4 is 0 Å². The summed E-state index contributed by atoms with van der Waals surface area (Å²) < 4.78 is 5.51. The molecular formula is C21H34N2O3. The average Bonchev–Trinajstić information content (AvgIpc) is 2.66. The number of hydrogen-bond donors (Lipinski definition) is 2. The third-order valence-electron chi connectivity index (χ3n) is 5.85. The van der Waals surface area contributed by atoms with Crippen LogP contribution in [0.4, 0.5) is 0 Å². The number of benzene rings is 1. The molecule has 1 unspecified atom stereocenters. The summed E-state index contributed by atoms with van der Waals surface area (Å²) in [6.45, 7) is 6.75. The SMILES string of the molecule is CCOc1cc(CN2CCN(C3CCCCC3)C(CCO)C2)ccc1O. The molecule has 2 N–H and O–H groups in total. The normalized spacial score (nSPS) is 23.2. The highest BCUT2D eigenvalue weighted by Crippen LogP contribution is 2.29. The van der Waals surface area contributed by atoms with Gasteiger partial charge in [0.1, 0.15) is 0 Å². The molecule has 2 aliphatic rings. The fourth-order valence-corrected chi connectivity index (χ4v) is 4.56. The lowest BCUT2D eigenvalue weighted by molar-refractivity contribution is 0.0136. The largest absolute Gasteiger partial charge is 0.504 e. The van der Waals surface area contributed by atoms with Gasteiger partial charge >= 0.3 is 0 Å². The molecule has 0 bridgehead atoms. The van der Waals surface area contributed by atoms with E-state index in [0.717, 1.165) is 32.6 Å². The highest BCUT2D eigenvalue weighted by Gasteiger charge is 2.32. The molecule has 1 heterocycles. The molecule has 0 aromatic heterocycles. The molecule has 1 saturated heterocycles. The molecule has 1 aliphatic heterocycles. The van der Waals surface area contributed by atoms with Crippen LogP contribution in [0, 0.1) is 0 Å². The molecule has 0 amide bonds. The molecule has 5 heteroatoms. The van der Waals surface area contributed by atoms with E-state index in [0.29, 0.717) is 24.4 Å². The molecule has 26 heavy (non-hydrogen) atoms. The van der Waals surface area contributed by atoms with Crippen molar-refractivity contribution in [1.82, 2.24) is 9.80 Å². The van der Waals surface area contributed by atoms with Crippen molar-refractivity contribution in [3.05, 3.63) is 23.8 Å². The molecule has 3 rings (SSSR count). The van der Waals surface area contributed by atoms with Crippen LogP contribution in [0.5, 0.6) is 11.5 Å². The minimum Gasteiger partial charge on any atom is -0.504 e. The van der Waals surface area contributed by atoms with Gasteiger partial charge in [0.05, 0.1) is 6.61 Å². The Morgan fingerprint density at radius 1 is 1.15 bits per heavy atom. The highest BCUT2D eigenvalue weighted by molar-refractivity contribution is 5.41. The highest BCUT2D eigenvalue weighted by atomic mass is 16.5. The van der Waals surface area contributed by atoms with Crippen LogP contribution in [0.3, 0.4) is 0 Å². The summed E-state index contributed by atoms with van der Waals surface area (Å²) in [5.74, 6) is 0.772. The van der Waals surface area contributed by atoms with Crippen molar-refractivity contribution in [3.63, 3.8) is 0 Å². The zero-order valence-corrected chi connectivity index (χ0v) is 16.1. The Bertz CT molecular complexity index is 560. The number of piperazine rings is 1. The van der Waals surface area contributed by atoms with E-state index in [1.165, 1.54) is 37.7 Å². The predicted molar refractivity (Wildman–Crippen MR) is 104 cm³/mol. The number of hydrogen-bond acceptors (Lipinski definition) is 5. The summed E-state index contributed by atoms with van der Waals surface area (Å²) in [5, 5.41) is 19.4. The van der Waals surface area contributed by atoms with Gasteiger partial charge in [0.25, 0.3) is 0 Å². The Morgan fingerprint density at radius 2 is 1.96 bits per heavy atom. The molecule has 146 valence electrons. The Hall–Kier alpha value is -1.30. The first-order valence-electron chi connectivity index (χ1n) is 10.2. The predicted octanol–water partition coefficient (Wildman–Crippen LogP) is 2.99. The van der Waals surface area contributed by atoms with E-state index in [9.17, 15) is 10.2 Å². The number of aliphatic hydroxyl groups excluding tert-OH is 1.